The Hall–Kier alpha value is -0.193. The van der Waals surface area contributed by atoms with E-state index in [1.807, 2.05) is 0 Å². The maximum Gasteiger partial charge on any atom is 0.192 e. The number of fused-ring (bicyclic) bond motifs is 1. The van der Waals surface area contributed by atoms with E-state index in [0.29, 0.717) is 35.4 Å². The minimum Gasteiger partial charge on any atom is -0.412 e. The summed E-state index contributed by atoms with van der Waals surface area (Å²) in [5.41, 5.74) is -0.199. The van der Waals surface area contributed by atoms with Crippen LogP contribution in [0.15, 0.2) is 0 Å². The summed E-state index contributed by atoms with van der Waals surface area (Å²) in [6, 6.07) is 0. The lowest BCUT2D eigenvalue weighted by molar-refractivity contribution is -0.128. The fraction of sp³-hybridized carbons (Fsp3) is 0.958. The summed E-state index contributed by atoms with van der Waals surface area (Å²) < 4.78 is 13.2. The highest BCUT2D eigenvalue weighted by Crippen LogP contribution is 2.49. The molecule has 2 fully saturated rings. The molecule has 28 heavy (non-hydrogen) atoms. The van der Waals surface area contributed by atoms with E-state index in [1.165, 1.54) is 0 Å². The molecule has 3 nitrogen and oxygen atoms in total. The highest BCUT2D eigenvalue weighted by Gasteiger charge is 2.48. The molecule has 0 radical (unpaired) electrons. The van der Waals surface area contributed by atoms with Crippen LogP contribution in [-0.4, -0.2) is 32.4 Å². The number of rotatable bonds is 7. The van der Waals surface area contributed by atoms with Crippen molar-refractivity contribution in [3.05, 3.63) is 0 Å². The number of carbonyl (C=O) groups is 1. The van der Waals surface area contributed by atoms with Gasteiger partial charge in [-0.3, -0.25) is 4.79 Å². The van der Waals surface area contributed by atoms with Gasteiger partial charge in [-0.25, -0.2) is 0 Å². The van der Waals surface area contributed by atoms with Crippen LogP contribution >= 0.6 is 0 Å². The lowest BCUT2D eigenvalue weighted by atomic mass is 9.70. The SMILES string of the molecule is CC1CCC(=O)C2CCC(C(C)OC[C@H](C)C(C)(C)O[Si](C)(C)C(C)(C)C)C12. The van der Waals surface area contributed by atoms with E-state index < -0.39 is 8.32 Å². The Morgan fingerprint density at radius 2 is 1.68 bits per heavy atom. The average Bonchev–Trinajstić information content (AvgIpc) is 3.00. The predicted octanol–water partition coefficient (Wildman–Crippen LogP) is 6.47. The van der Waals surface area contributed by atoms with Gasteiger partial charge in [0.05, 0.1) is 18.3 Å². The Bertz CT molecular complexity index is 549. The number of hydrogen-bond acceptors (Lipinski definition) is 3. The zero-order chi connectivity index (χ0) is 21.5. The van der Waals surface area contributed by atoms with Gasteiger partial charge in [0.25, 0.3) is 0 Å². The van der Waals surface area contributed by atoms with Gasteiger partial charge in [-0.1, -0.05) is 34.6 Å². The van der Waals surface area contributed by atoms with Gasteiger partial charge in [0.2, 0.25) is 0 Å². The molecule has 0 aromatic carbocycles. The van der Waals surface area contributed by atoms with E-state index >= 15 is 0 Å². The topological polar surface area (TPSA) is 35.5 Å². The molecule has 0 spiro atoms. The van der Waals surface area contributed by atoms with E-state index in [4.69, 9.17) is 9.16 Å². The molecule has 4 heteroatoms. The molecule has 164 valence electrons. The Labute approximate surface area is 175 Å². The number of hydrogen-bond donors (Lipinski definition) is 0. The second-order valence-corrected chi connectivity index (χ2v) is 16.5. The second-order valence-electron chi connectivity index (χ2n) is 11.8. The molecule has 6 atom stereocenters. The van der Waals surface area contributed by atoms with Gasteiger partial charge >= 0.3 is 0 Å². The highest BCUT2D eigenvalue weighted by molar-refractivity contribution is 6.74. The molecular weight excluding hydrogens is 364 g/mol. The fourth-order valence-electron chi connectivity index (χ4n) is 5.08. The fourth-order valence-corrected chi connectivity index (χ4v) is 6.90. The number of ether oxygens (including phenoxy) is 1. The van der Waals surface area contributed by atoms with Crippen molar-refractivity contribution >= 4 is 14.1 Å². The average molecular weight is 411 g/mol. The van der Waals surface area contributed by atoms with Gasteiger partial charge in [0, 0.05) is 18.3 Å². The number of Topliss-reactive ketones (excluding diaryl/α,β-unsaturated/α-hetero) is 1. The van der Waals surface area contributed by atoms with Crippen LogP contribution in [0.1, 0.15) is 81.1 Å². The quantitative estimate of drug-likeness (QED) is 0.451. The molecule has 5 unspecified atom stereocenters. The van der Waals surface area contributed by atoms with Crippen molar-refractivity contribution in [1.82, 2.24) is 0 Å². The van der Waals surface area contributed by atoms with Crippen molar-refractivity contribution in [2.24, 2.45) is 29.6 Å². The lowest BCUT2D eigenvalue weighted by Crippen LogP contribution is -2.50. The largest absolute Gasteiger partial charge is 0.412 e. The van der Waals surface area contributed by atoms with Gasteiger partial charge in [-0.15, -0.1) is 0 Å². The standard InChI is InChI=1S/C24H46O3Si/c1-16-11-14-21(25)20-13-12-19(22(16)20)18(3)26-15-17(2)24(7,8)27-28(9,10)23(4,5)6/h16-20,22H,11-15H2,1-10H3/t16?,17-,18?,19?,20?,22?/m0/s1. The first-order chi connectivity index (χ1) is 12.7. The molecule has 2 saturated carbocycles. The molecule has 0 N–H and O–H groups in total. The van der Waals surface area contributed by atoms with Crippen LogP contribution < -0.4 is 0 Å². The van der Waals surface area contributed by atoms with Gasteiger partial charge in [-0.05, 0) is 75.9 Å². The van der Waals surface area contributed by atoms with Gasteiger partial charge in [-0.2, -0.15) is 0 Å². The summed E-state index contributed by atoms with van der Waals surface area (Å²) >= 11 is 0. The predicted molar refractivity (Wildman–Crippen MR) is 120 cm³/mol. The maximum absolute atomic E-state index is 12.3. The molecule has 0 heterocycles. The molecule has 2 rings (SSSR count). The molecule has 0 bridgehead atoms. The highest BCUT2D eigenvalue weighted by atomic mass is 28.4. The minimum atomic E-state index is -1.82. The van der Waals surface area contributed by atoms with Crippen LogP contribution in [0.25, 0.3) is 0 Å². The maximum atomic E-state index is 12.3. The van der Waals surface area contributed by atoms with E-state index in [0.717, 1.165) is 32.3 Å². The zero-order valence-corrected chi connectivity index (χ0v) is 21.2. The van der Waals surface area contributed by atoms with Gasteiger partial charge in [0.15, 0.2) is 8.32 Å². The molecule has 0 saturated heterocycles. The molecule has 0 amide bonds. The Morgan fingerprint density at radius 1 is 1.07 bits per heavy atom. The molecule has 0 aromatic heterocycles. The zero-order valence-electron chi connectivity index (χ0n) is 20.2. The first-order valence-corrected chi connectivity index (χ1v) is 14.4. The summed E-state index contributed by atoms with van der Waals surface area (Å²) in [4.78, 5) is 12.3. The number of ketones is 1. The van der Waals surface area contributed by atoms with Crippen LogP contribution in [0, 0.1) is 29.6 Å². The third-order valence-corrected chi connectivity index (χ3v) is 13.1. The molecular formula is C24H46O3Si. The van der Waals surface area contributed by atoms with Crippen LogP contribution in [0.4, 0.5) is 0 Å². The lowest BCUT2D eigenvalue weighted by Gasteiger charge is -2.45. The van der Waals surface area contributed by atoms with Crippen molar-refractivity contribution in [2.75, 3.05) is 6.61 Å². The van der Waals surface area contributed by atoms with Crippen LogP contribution in [-0.2, 0) is 14.0 Å². The summed E-state index contributed by atoms with van der Waals surface area (Å²) in [5, 5.41) is 0.209. The van der Waals surface area contributed by atoms with Crippen LogP contribution in [0.5, 0.6) is 0 Å². The third kappa shape index (κ3) is 5.10. The molecule has 0 aromatic rings. The van der Waals surface area contributed by atoms with E-state index in [9.17, 15) is 4.79 Å². The third-order valence-electron chi connectivity index (χ3n) is 8.41. The van der Waals surface area contributed by atoms with Crippen molar-refractivity contribution in [1.29, 1.82) is 0 Å². The Balaban J connectivity index is 1.94. The van der Waals surface area contributed by atoms with Crippen molar-refractivity contribution in [2.45, 2.75) is 111 Å². The number of carbonyl (C=O) groups excluding carboxylic acids is 1. The second kappa shape index (κ2) is 8.51. The van der Waals surface area contributed by atoms with E-state index in [-0.39, 0.29) is 16.7 Å². The van der Waals surface area contributed by atoms with E-state index in [2.05, 4.69) is 68.5 Å². The van der Waals surface area contributed by atoms with Crippen molar-refractivity contribution in [3.8, 4) is 0 Å². The smallest absolute Gasteiger partial charge is 0.192 e. The van der Waals surface area contributed by atoms with Crippen molar-refractivity contribution < 1.29 is 14.0 Å². The Kier molecular flexibility index (Phi) is 7.32. The minimum absolute atomic E-state index is 0.199. The van der Waals surface area contributed by atoms with Crippen LogP contribution in [0.3, 0.4) is 0 Å². The van der Waals surface area contributed by atoms with E-state index in [1.54, 1.807) is 0 Å². The summed E-state index contributed by atoms with van der Waals surface area (Å²) in [6.07, 6.45) is 4.29. The summed E-state index contributed by atoms with van der Waals surface area (Å²) in [6.45, 7) is 23.5. The Morgan fingerprint density at radius 3 is 2.25 bits per heavy atom. The van der Waals surface area contributed by atoms with Gasteiger partial charge < -0.3 is 9.16 Å². The molecule has 2 aliphatic rings. The first kappa shape index (κ1) is 24.1. The monoisotopic (exact) mass is 410 g/mol. The molecule has 2 aliphatic carbocycles. The molecule has 0 aliphatic heterocycles. The first-order valence-electron chi connectivity index (χ1n) is 11.5. The summed E-state index contributed by atoms with van der Waals surface area (Å²) in [7, 11) is -1.82. The summed E-state index contributed by atoms with van der Waals surface area (Å²) in [5.74, 6) is 2.85. The van der Waals surface area contributed by atoms with Gasteiger partial charge in [0.1, 0.15) is 5.78 Å². The normalized spacial score (nSPS) is 31.6. The van der Waals surface area contributed by atoms with Crippen LogP contribution in [0.2, 0.25) is 18.1 Å². The van der Waals surface area contributed by atoms with Crippen molar-refractivity contribution in [3.63, 3.8) is 0 Å².